The first kappa shape index (κ1) is 14.5. The summed E-state index contributed by atoms with van der Waals surface area (Å²) in [6, 6.07) is 14.3. The van der Waals surface area contributed by atoms with Gasteiger partial charge in [0.15, 0.2) is 0 Å². The highest BCUT2D eigenvalue weighted by molar-refractivity contribution is 7.84. The van der Waals surface area contributed by atoms with Crippen molar-refractivity contribution >= 4 is 16.8 Å². The molecular weight excluding hydrogens is 272 g/mol. The number of carbonyl (C=O) groups is 1. The Kier molecular flexibility index (Phi) is 4.69. The fraction of sp³-hybridized carbons (Fsp3) is 0.188. The molecule has 0 saturated carbocycles. The van der Waals surface area contributed by atoms with Gasteiger partial charge in [0.2, 0.25) is 0 Å². The molecule has 0 fully saturated rings. The summed E-state index contributed by atoms with van der Waals surface area (Å²) >= 11 is 0. The maximum absolute atomic E-state index is 12.3. The summed E-state index contributed by atoms with van der Waals surface area (Å²) in [5, 5.41) is 9.11. The molecule has 0 radical (unpaired) electrons. The zero-order valence-corrected chi connectivity index (χ0v) is 12.0. The van der Waals surface area contributed by atoms with Crippen LogP contribution in [0.15, 0.2) is 53.4 Å². The van der Waals surface area contributed by atoms with Crippen LogP contribution in [0.2, 0.25) is 0 Å². The molecule has 4 heteroatoms. The third-order valence-corrected chi connectivity index (χ3v) is 4.53. The topological polar surface area (TPSA) is 54.4 Å². The van der Waals surface area contributed by atoms with Gasteiger partial charge in [-0.05, 0) is 29.7 Å². The van der Waals surface area contributed by atoms with Gasteiger partial charge in [0.25, 0.3) is 0 Å². The van der Waals surface area contributed by atoms with Crippen molar-refractivity contribution in [2.45, 2.75) is 24.0 Å². The quantitative estimate of drug-likeness (QED) is 0.918. The Bertz CT molecular complexity index is 632. The molecule has 1 unspecified atom stereocenters. The highest BCUT2D eigenvalue weighted by Gasteiger charge is 2.14. The zero-order chi connectivity index (χ0) is 14.5. The van der Waals surface area contributed by atoms with Gasteiger partial charge in [-0.2, -0.15) is 0 Å². The van der Waals surface area contributed by atoms with E-state index in [0.29, 0.717) is 10.6 Å². The van der Waals surface area contributed by atoms with Crippen LogP contribution in [0.5, 0.6) is 0 Å². The molecule has 3 nitrogen and oxygen atoms in total. The van der Waals surface area contributed by atoms with Crippen molar-refractivity contribution in [3.8, 4) is 0 Å². The van der Waals surface area contributed by atoms with Crippen molar-refractivity contribution in [3.63, 3.8) is 0 Å². The summed E-state index contributed by atoms with van der Waals surface area (Å²) < 4.78 is 12.3. The van der Waals surface area contributed by atoms with Gasteiger partial charge in [-0.1, -0.05) is 43.3 Å². The number of aryl methyl sites for hydroxylation is 1. The maximum Gasteiger partial charge on any atom is 0.336 e. The summed E-state index contributed by atoms with van der Waals surface area (Å²) in [7, 11) is -1.36. The Hall–Kier alpha value is -1.94. The first-order chi connectivity index (χ1) is 9.61. The van der Waals surface area contributed by atoms with E-state index in [1.165, 1.54) is 11.6 Å². The fourth-order valence-corrected chi connectivity index (χ4v) is 3.22. The van der Waals surface area contributed by atoms with Crippen LogP contribution >= 0.6 is 0 Å². The van der Waals surface area contributed by atoms with Crippen molar-refractivity contribution in [2.24, 2.45) is 0 Å². The van der Waals surface area contributed by atoms with Gasteiger partial charge in [-0.25, -0.2) is 4.79 Å². The van der Waals surface area contributed by atoms with Gasteiger partial charge in [-0.3, -0.25) is 4.21 Å². The summed E-state index contributed by atoms with van der Waals surface area (Å²) in [6.45, 7) is 2.08. The maximum atomic E-state index is 12.3. The lowest BCUT2D eigenvalue weighted by molar-refractivity contribution is 0.0693. The van der Waals surface area contributed by atoms with E-state index in [-0.39, 0.29) is 5.56 Å². The number of hydrogen-bond acceptors (Lipinski definition) is 2. The van der Waals surface area contributed by atoms with Crippen molar-refractivity contribution < 1.29 is 14.1 Å². The van der Waals surface area contributed by atoms with Crippen molar-refractivity contribution in [3.05, 3.63) is 65.2 Å². The third kappa shape index (κ3) is 3.33. The smallest absolute Gasteiger partial charge is 0.336 e. The highest BCUT2D eigenvalue weighted by atomic mass is 32.2. The standard InChI is InChI=1S/C16H16O3S/c1-2-12-7-9-13(10-8-12)11-20(19)15-6-4-3-5-14(15)16(17)18/h3-10H,2,11H2,1H3,(H,17,18). The summed E-state index contributed by atoms with van der Waals surface area (Å²) in [5.41, 5.74) is 2.28. The van der Waals surface area contributed by atoms with Crippen molar-refractivity contribution in [1.82, 2.24) is 0 Å². The summed E-state index contributed by atoms with van der Waals surface area (Å²) in [5.74, 6) is -0.718. The molecule has 0 heterocycles. The minimum atomic E-state index is -1.36. The number of aromatic carboxylic acids is 1. The van der Waals surface area contributed by atoms with Gasteiger partial charge in [0, 0.05) is 0 Å². The largest absolute Gasteiger partial charge is 0.478 e. The first-order valence-electron chi connectivity index (χ1n) is 6.40. The van der Waals surface area contributed by atoms with Crippen LogP contribution in [0.25, 0.3) is 0 Å². The Morgan fingerprint density at radius 3 is 2.25 bits per heavy atom. The molecule has 0 amide bonds. The van der Waals surface area contributed by atoms with E-state index in [9.17, 15) is 9.00 Å². The molecule has 0 aliphatic rings. The third-order valence-electron chi connectivity index (χ3n) is 3.09. The number of carboxylic acid groups (broad SMARTS) is 1. The second-order valence-electron chi connectivity index (χ2n) is 4.46. The first-order valence-corrected chi connectivity index (χ1v) is 7.72. The minimum absolute atomic E-state index is 0.107. The summed E-state index contributed by atoms with van der Waals surface area (Å²) in [4.78, 5) is 11.5. The number of hydrogen-bond donors (Lipinski definition) is 1. The van der Waals surface area contributed by atoms with Crippen LogP contribution in [0.4, 0.5) is 0 Å². The van der Waals surface area contributed by atoms with E-state index in [4.69, 9.17) is 5.11 Å². The molecule has 2 rings (SSSR count). The average Bonchev–Trinajstić information content (AvgIpc) is 2.48. The van der Waals surface area contributed by atoms with Crippen LogP contribution in [-0.2, 0) is 23.0 Å². The molecular formula is C16H16O3S. The van der Waals surface area contributed by atoms with Crippen LogP contribution in [0.3, 0.4) is 0 Å². The molecule has 0 spiro atoms. The molecule has 0 aromatic heterocycles. The van der Waals surface area contributed by atoms with E-state index >= 15 is 0 Å². The zero-order valence-electron chi connectivity index (χ0n) is 11.2. The van der Waals surface area contributed by atoms with Gasteiger partial charge in [0.05, 0.1) is 27.0 Å². The van der Waals surface area contributed by atoms with Crippen LogP contribution in [-0.4, -0.2) is 15.3 Å². The number of rotatable bonds is 5. The fourth-order valence-electron chi connectivity index (χ4n) is 1.94. The molecule has 0 aliphatic carbocycles. The van der Waals surface area contributed by atoms with Crippen LogP contribution in [0, 0.1) is 0 Å². The predicted octanol–water partition coefficient (Wildman–Crippen LogP) is 3.26. The van der Waals surface area contributed by atoms with Gasteiger partial charge in [0.1, 0.15) is 0 Å². The molecule has 2 aromatic rings. The van der Waals surface area contributed by atoms with Crippen LogP contribution < -0.4 is 0 Å². The van der Waals surface area contributed by atoms with E-state index in [1.54, 1.807) is 18.2 Å². The lowest BCUT2D eigenvalue weighted by Crippen LogP contribution is -2.05. The molecule has 0 bridgehead atoms. The van der Waals surface area contributed by atoms with Crippen molar-refractivity contribution in [2.75, 3.05) is 0 Å². The van der Waals surface area contributed by atoms with Crippen LogP contribution in [0.1, 0.15) is 28.4 Å². The second-order valence-corrected chi connectivity index (χ2v) is 5.88. The molecule has 20 heavy (non-hydrogen) atoms. The lowest BCUT2D eigenvalue weighted by Gasteiger charge is -2.06. The van der Waals surface area contributed by atoms with E-state index < -0.39 is 16.8 Å². The second kappa shape index (κ2) is 6.48. The normalized spacial score (nSPS) is 12.1. The van der Waals surface area contributed by atoms with Gasteiger partial charge in [-0.15, -0.1) is 0 Å². The molecule has 0 saturated heterocycles. The Labute approximate surface area is 120 Å². The van der Waals surface area contributed by atoms with Gasteiger partial charge < -0.3 is 5.11 Å². The van der Waals surface area contributed by atoms with E-state index in [2.05, 4.69) is 6.92 Å². The molecule has 1 N–H and O–H groups in total. The molecule has 0 aliphatic heterocycles. The minimum Gasteiger partial charge on any atom is -0.478 e. The van der Waals surface area contributed by atoms with Gasteiger partial charge >= 0.3 is 5.97 Å². The lowest BCUT2D eigenvalue weighted by atomic mass is 10.1. The number of carboxylic acids is 1. The highest BCUT2D eigenvalue weighted by Crippen LogP contribution is 2.17. The molecule has 2 aromatic carbocycles. The summed E-state index contributed by atoms with van der Waals surface area (Å²) in [6.07, 6.45) is 0.964. The predicted molar refractivity (Wildman–Crippen MR) is 79.3 cm³/mol. The Balaban J connectivity index is 2.21. The monoisotopic (exact) mass is 288 g/mol. The Morgan fingerprint density at radius 1 is 1.05 bits per heavy atom. The van der Waals surface area contributed by atoms with Crippen molar-refractivity contribution in [1.29, 1.82) is 0 Å². The SMILES string of the molecule is CCc1ccc(CS(=O)c2ccccc2C(=O)O)cc1. The molecule has 1 atom stereocenters. The Morgan fingerprint density at radius 2 is 1.65 bits per heavy atom. The molecule has 104 valence electrons. The van der Waals surface area contributed by atoms with E-state index in [1.807, 2.05) is 24.3 Å². The number of benzene rings is 2. The average molecular weight is 288 g/mol. The van der Waals surface area contributed by atoms with E-state index in [0.717, 1.165) is 12.0 Å².